The van der Waals surface area contributed by atoms with E-state index in [0.29, 0.717) is 6.54 Å². The minimum atomic E-state index is -0.268. The molecular formula is C18H25N3O2. The molecule has 0 bridgehead atoms. The fourth-order valence-corrected chi connectivity index (χ4v) is 3.22. The number of piperazine rings is 1. The highest BCUT2D eigenvalue weighted by atomic mass is 16.3. The highest BCUT2D eigenvalue weighted by Gasteiger charge is 2.25. The van der Waals surface area contributed by atoms with Gasteiger partial charge in [-0.1, -0.05) is 25.1 Å². The maximum absolute atomic E-state index is 12.8. The number of aryl methyl sites for hydroxylation is 1. The van der Waals surface area contributed by atoms with E-state index >= 15 is 0 Å². The van der Waals surface area contributed by atoms with Crippen LogP contribution in [0.1, 0.15) is 23.8 Å². The van der Waals surface area contributed by atoms with Gasteiger partial charge in [0, 0.05) is 50.7 Å². The molecule has 3 rings (SSSR count). The Balaban J connectivity index is 1.68. The lowest BCUT2D eigenvalue weighted by molar-refractivity contribution is 0.0517. The topological polar surface area (TPSA) is 48.7 Å². The van der Waals surface area contributed by atoms with Gasteiger partial charge in [-0.2, -0.15) is 0 Å². The molecule has 0 aliphatic carbocycles. The molecule has 0 radical (unpaired) electrons. The predicted octanol–water partition coefficient (Wildman–Crippen LogP) is 1.71. The molecule has 5 nitrogen and oxygen atoms in total. The first-order chi connectivity index (χ1) is 11.1. The van der Waals surface area contributed by atoms with Crippen molar-refractivity contribution in [2.75, 3.05) is 32.7 Å². The van der Waals surface area contributed by atoms with Crippen LogP contribution in [0.2, 0.25) is 0 Å². The largest absolute Gasteiger partial charge is 0.392 e. The van der Waals surface area contributed by atoms with E-state index in [9.17, 15) is 9.90 Å². The normalized spacial score (nSPS) is 17.6. The number of carbonyl (C=O) groups is 1. The van der Waals surface area contributed by atoms with Crippen molar-refractivity contribution in [1.82, 2.24) is 14.4 Å². The second-order valence-electron chi connectivity index (χ2n) is 6.30. The SMILES string of the molecule is CC[C@@H](O)CN1CCN(C(=O)c2cc3ccccc3n2C)CC1. The highest BCUT2D eigenvalue weighted by molar-refractivity contribution is 5.98. The molecule has 1 fully saturated rings. The molecule has 1 aromatic carbocycles. The monoisotopic (exact) mass is 315 g/mol. The number of hydrogen-bond donors (Lipinski definition) is 1. The zero-order chi connectivity index (χ0) is 16.4. The Hall–Kier alpha value is -1.85. The molecular weight excluding hydrogens is 290 g/mol. The van der Waals surface area contributed by atoms with Crippen LogP contribution >= 0.6 is 0 Å². The minimum Gasteiger partial charge on any atom is -0.392 e. The molecule has 5 heteroatoms. The Morgan fingerprint density at radius 1 is 1.22 bits per heavy atom. The van der Waals surface area contributed by atoms with Crippen LogP contribution in [0.5, 0.6) is 0 Å². The van der Waals surface area contributed by atoms with E-state index in [1.165, 1.54) is 0 Å². The van der Waals surface area contributed by atoms with Gasteiger partial charge in [-0.25, -0.2) is 0 Å². The van der Waals surface area contributed by atoms with Gasteiger partial charge in [-0.3, -0.25) is 9.69 Å². The fourth-order valence-electron chi connectivity index (χ4n) is 3.22. The van der Waals surface area contributed by atoms with Crippen molar-refractivity contribution >= 4 is 16.8 Å². The average molecular weight is 315 g/mol. The first-order valence-corrected chi connectivity index (χ1v) is 8.34. The average Bonchev–Trinajstić information content (AvgIpc) is 2.92. The van der Waals surface area contributed by atoms with Crippen LogP contribution < -0.4 is 0 Å². The van der Waals surface area contributed by atoms with Gasteiger partial charge in [0.1, 0.15) is 5.69 Å². The summed E-state index contributed by atoms with van der Waals surface area (Å²) in [5.74, 6) is 0.0967. The van der Waals surface area contributed by atoms with Crippen molar-refractivity contribution in [2.45, 2.75) is 19.4 Å². The molecule has 2 aromatic rings. The van der Waals surface area contributed by atoms with Crippen LogP contribution in [0.15, 0.2) is 30.3 Å². The molecule has 1 N–H and O–H groups in total. The maximum Gasteiger partial charge on any atom is 0.270 e. The minimum absolute atomic E-state index is 0.0967. The molecule has 1 amide bonds. The summed E-state index contributed by atoms with van der Waals surface area (Å²) in [5, 5.41) is 10.9. The van der Waals surface area contributed by atoms with Crippen molar-refractivity contribution in [1.29, 1.82) is 0 Å². The summed E-state index contributed by atoms with van der Waals surface area (Å²) in [4.78, 5) is 17.0. The second-order valence-corrected chi connectivity index (χ2v) is 6.30. The zero-order valence-electron chi connectivity index (χ0n) is 13.9. The van der Waals surface area contributed by atoms with E-state index < -0.39 is 0 Å². The Labute approximate surface area is 137 Å². The van der Waals surface area contributed by atoms with Gasteiger partial charge < -0.3 is 14.6 Å². The van der Waals surface area contributed by atoms with E-state index in [0.717, 1.165) is 49.2 Å². The fraction of sp³-hybridized carbons (Fsp3) is 0.500. The van der Waals surface area contributed by atoms with E-state index in [2.05, 4.69) is 4.90 Å². The third-order valence-corrected chi connectivity index (χ3v) is 4.77. The van der Waals surface area contributed by atoms with Gasteiger partial charge in [-0.05, 0) is 18.6 Å². The van der Waals surface area contributed by atoms with Gasteiger partial charge in [0.2, 0.25) is 0 Å². The summed E-state index contributed by atoms with van der Waals surface area (Å²) in [6.07, 6.45) is 0.505. The molecule has 124 valence electrons. The first-order valence-electron chi connectivity index (χ1n) is 8.34. The summed E-state index contributed by atoms with van der Waals surface area (Å²) in [6.45, 7) is 5.78. The van der Waals surface area contributed by atoms with E-state index in [-0.39, 0.29) is 12.0 Å². The molecule has 2 heterocycles. The number of benzene rings is 1. The van der Waals surface area contributed by atoms with Crippen LogP contribution in [0, 0.1) is 0 Å². The van der Waals surface area contributed by atoms with Crippen LogP contribution in [0.4, 0.5) is 0 Å². The molecule has 0 spiro atoms. The quantitative estimate of drug-likeness (QED) is 0.934. The van der Waals surface area contributed by atoms with Gasteiger partial charge in [-0.15, -0.1) is 0 Å². The standard InChI is InChI=1S/C18H25N3O2/c1-3-15(22)13-20-8-10-21(11-9-20)18(23)17-12-14-6-4-5-7-16(14)19(17)2/h4-7,12,15,22H,3,8-11,13H2,1-2H3/t15-/m1/s1. The third-order valence-electron chi connectivity index (χ3n) is 4.77. The number of carbonyl (C=O) groups excluding carboxylic acids is 1. The van der Waals surface area contributed by atoms with E-state index in [1.807, 2.05) is 53.8 Å². The van der Waals surface area contributed by atoms with Crippen molar-refractivity contribution in [3.05, 3.63) is 36.0 Å². The second kappa shape index (κ2) is 6.72. The highest BCUT2D eigenvalue weighted by Crippen LogP contribution is 2.20. The summed E-state index contributed by atoms with van der Waals surface area (Å²) in [5.41, 5.74) is 1.83. The van der Waals surface area contributed by atoms with Gasteiger partial charge in [0.05, 0.1) is 6.10 Å². The summed E-state index contributed by atoms with van der Waals surface area (Å²) in [6, 6.07) is 10.0. The molecule has 23 heavy (non-hydrogen) atoms. The summed E-state index contributed by atoms with van der Waals surface area (Å²) < 4.78 is 1.98. The number of hydrogen-bond acceptors (Lipinski definition) is 3. The van der Waals surface area contributed by atoms with E-state index in [4.69, 9.17) is 0 Å². The van der Waals surface area contributed by atoms with E-state index in [1.54, 1.807) is 0 Å². The molecule has 0 saturated carbocycles. The lowest BCUT2D eigenvalue weighted by atomic mass is 10.2. The number of aromatic nitrogens is 1. The number of rotatable bonds is 4. The molecule has 1 aliphatic heterocycles. The van der Waals surface area contributed by atoms with Crippen LogP contribution in [0.3, 0.4) is 0 Å². The number of β-amino-alcohol motifs (C(OH)–C–C–N with tert-alkyl or cyclic N) is 1. The number of aliphatic hydroxyl groups is 1. The first kappa shape index (κ1) is 16.0. The van der Waals surface area contributed by atoms with Crippen molar-refractivity contribution in [2.24, 2.45) is 7.05 Å². The molecule has 1 aliphatic rings. The summed E-state index contributed by atoms with van der Waals surface area (Å²) >= 11 is 0. The molecule has 1 aromatic heterocycles. The maximum atomic E-state index is 12.8. The van der Waals surface area contributed by atoms with Gasteiger partial charge in [0.15, 0.2) is 0 Å². The molecule has 1 atom stereocenters. The van der Waals surface area contributed by atoms with Crippen molar-refractivity contribution in [3.63, 3.8) is 0 Å². The van der Waals surface area contributed by atoms with Crippen LogP contribution in [0.25, 0.3) is 10.9 Å². The molecule has 0 unspecified atom stereocenters. The zero-order valence-corrected chi connectivity index (χ0v) is 13.9. The molecule has 1 saturated heterocycles. The Morgan fingerprint density at radius 2 is 1.91 bits per heavy atom. The lowest BCUT2D eigenvalue weighted by Crippen LogP contribution is -2.50. The van der Waals surface area contributed by atoms with Crippen LogP contribution in [-0.4, -0.2) is 64.2 Å². The van der Waals surface area contributed by atoms with Crippen molar-refractivity contribution < 1.29 is 9.90 Å². The number of aliphatic hydroxyl groups excluding tert-OH is 1. The van der Waals surface area contributed by atoms with Gasteiger partial charge >= 0.3 is 0 Å². The van der Waals surface area contributed by atoms with Gasteiger partial charge in [0.25, 0.3) is 5.91 Å². The lowest BCUT2D eigenvalue weighted by Gasteiger charge is -2.35. The predicted molar refractivity (Wildman–Crippen MR) is 91.6 cm³/mol. The number of fused-ring (bicyclic) bond motifs is 1. The Kier molecular flexibility index (Phi) is 4.68. The third kappa shape index (κ3) is 3.26. The Morgan fingerprint density at radius 3 is 2.57 bits per heavy atom. The number of nitrogens with zero attached hydrogens (tertiary/aromatic N) is 3. The number of para-hydroxylation sites is 1. The smallest absolute Gasteiger partial charge is 0.270 e. The number of amides is 1. The van der Waals surface area contributed by atoms with Crippen molar-refractivity contribution in [3.8, 4) is 0 Å². The van der Waals surface area contributed by atoms with Crippen LogP contribution in [-0.2, 0) is 7.05 Å². The Bertz CT molecular complexity index is 687. The summed E-state index contributed by atoms with van der Waals surface area (Å²) in [7, 11) is 1.95.